The van der Waals surface area contributed by atoms with E-state index in [1.165, 1.54) is 6.33 Å². The van der Waals surface area contributed by atoms with Crippen LogP contribution >= 0.6 is 0 Å². The van der Waals surface area contributed by atoms with E-state index in [2.05, 4.69) is 25.9 Å². The predicted molar refractivity (Wildman–Crippen MR) is 83.2 cm³/mol. The van der Waals surface area contributed by atoms with Gasteiger partial charge in [-0.25, -0.2) is 14.5 Å². The van der Waals surface area contributed by atoms with Gasteiger partial charge in [-0.3, -0.25) is 5.32 Å². The van der Waals surface area contributed by atoms with Crippen molar-refractivity contribution in [1.82, 2.24) is 25.2 Å². The molecular formula is C15H16N6O2. The first-order chi connectivity index (χ1) is 11.1. The van der Waals surface area contributed by atoms with Crippen molar-refractivity contribution < 1.29 is 9.32 Å². The third kappa shape index (κ3) is 3.54. The average molecular weight is 312 g/mol. The molecule has 0 fully saturated rings. The third-order valence-electron chi connectivity index (χ3n) is 3.29. The van der Waals surface area contributed by atoms with E-state index in [1.54, 1.807) is 24.0 Å². The van der Waals surface area contributed by atoms with E-state index in [9.17, 15) is 4.79 Å². The highest BCUT2D eigenvalue weighted by atomic mass is 16.5. The number of aromatic nitrogens is 4. The van der Waals surface area contributed by atoms with Crippen LogP contribution < -0.4 is 10.6 Å². The van der Waals surface area contributed by atoms with Crippen LogP contribution in [0.4, 0.5) is 10.6 Å². The maximum absolute atomic E-state index is 11.9. The van der Waals surface area contributed by atoms with Crippen molar-refractivity contribution in [1.29, 1.82) is 0 Å². The van der Waals surface area contributed by atoms with Gasteiger partial charge in [0.05, 0.1) is 11.7 Å². The Labute approximate surface area is 132 Å². The Bertz CT molecular complexity index is 779. The summed E-state index contributed by atoms with van der Waals surface area (Å²) in [5, 5.41) is 13.2. The molecule has 1 atom stereocenters. The molecule has 2 heterocycles. The number of hydrogen-bond donors (Lipinski definition) is 2. The minimum absolute atomic E-state index is 0.159. The molecular weight excluding hydrogens is 296 g/mol. The summed E-state index contributed by atoms with van der Waals surface area (Å²) in [6, 6.07) is 8.85. The second-order valence-electron chi connectivity index (χ2n) is 5.07. The SMILES string of the molecule is Cc1cc(NC(=O)NC(C)c2ccc(-n3cncn3)cc2)no1. The number of benzene rings is 1. The fraction of sp³-hybridized carbons (Fsp3) is 0.200. The molecule has 8 heteroatoms. The molecule has 2 aromatic heterocycles. The molecule has 2 N–H and O–H groups in total. The molecule has 3 rings (SSSR count). The van der Waals surface area contributed by atoms with E-state index in [4.69, 9.17) is 4.52 Å². The maximum Gasteiger partial charge on any atom is 0.320 e. The summed E-state index contributed by atoms with van der Waals surface area (Å²) in [6.07, 6.45) is 3.11. The van der Waals surface area contributed by atoms with E-state index in [-0.39, 0.29) is 12.1 Å². The van der Waals surface area contributed by atoms with Crippen LogP contribution in [0, 0.1) is 6.92 Å². The number of nitrogens with one attached hydrogen (secondary N) is 2. The van der Waals surface area contributed by atoms with Gasteiger partial charge in [-0.15, -0.1) is 0 Å². The molecule has 8 nitrogen and oxygen atoms in total. The Morgan fingerprint density at radius 3 is 2.70 bits per heavy atom. The Hall–Kier alpha value is -3.16. The molecule has 1 unspecified atom stereocenters. The van der Waals surface area contributed by atoms with Gasteiger partial charge in [0.15, 0.2) is 5.82 Å². The maximum atomic E-state index is 11.9. The summed E-state index contributed by atoms with van der Waals surface area (Å²) in [5.41, 5.74) is 1.88. The van der Waals surface area contributed by atoms with Gasteiger partial charge in [-0.2, -0.15) is 5.10 Å². The predicted octanol–water partition coefficient (Wildman–Crippen LogP) is 2.45. The largest absolute Gasteiger partial charge is 0.360 e. The van der Waals surface area contributed by atoms with Crippen molar-refractivity contribution in [2.75, 3.05) is 5.32 Å². The third-order valence-corrected chi connectivity index (χ3v) is 3.29. The van der Waals surface area contributed by atoms with Crippen LogP contribution in [0.25, 0.3) is 5.69 Å². The van der Waals surface area contributed by atoms with Crippen LogP contribution in [0.3, 0.4) is 0 Å². The molecule has 0 spiro atoms. The van der Waals surface area contributed by atoms with Crippen molar-refractivity contribution in [2.24, 2.45) is 0 Å². The quantitative estimate of drug-likeness (QED) is 0.771. The number of anilines is 1. The zero-order valence-electron chi connectivity index (χ0n) is 12.7. The monoisotopic (exact) mass is 312 g/mol. The first-order valence-corrected chi connectivity index (χ1v) is 7.07. The molecule has 2 amide bonds. The molecule has 118 valence electrons. The number of carbonyl (C=O) groups is 1. The van der Waals surface area contributed by atoms with Crippen LogP contribution in [-0.4, -0.2) is 26.0 Å². The normalized spacial score (nSPS) is 11.9. The number of aryl methyl sites for hydroxylation is 1. The number of urea groups is 1. The van der Waals surface area contributed by atoms with Crippen LogP contribution in [-0.2, 0) is 0 Å². The topological polar surface area (TPSA) is 97.9 Å². The Kier molecular flexibility index (Phi) is 4.05. The van der Waals surface area contributed by atoms with Crippen LogP contribution in [0.2, 0.25) is 0 Å². The highest BCUT2D eigenvalue weighted by Crippen LogP contribution is 2.15. The lowest BCUT2D eigenvalue weighted by Crippen LogP contribution is -2.31. The summed E-state index contributed by atoms with van der Waals surface area (Å²) < 4.78 is 6.57. The second kappa shape index (κ2) is 6.30. The molecule has 23 heavy (non-hydrogen) atoms. The fourth-order valence-electron chi connectivity index (χ4n) is 2.11. The van der Waals surface area contributed by atoms with E-state index >= 15 is 0 Å². The molecule has 3 aromatic rings. The van der Waals surface area contributed by atoms with Gasteiger partial charge in [-0.05, 0) is 31.5 Å². The minimum Gasteiger partial charge on any atom is -0.360 e. The fourth-order valence-corrected chi connectivity index (χ4v) is 2.11. The van der Waals surface area contributed by atoms with E-state index in [0.717, 1.165) is 11.3 Å². The Morgan fingerprint density at radius 1 is 1.30 bits per heavy atom. The molecule has 0 aliphatic rings. The van der Waals surface area contributed by atoms with Crippen molar-refractivity contribution in [3.8, 4) is 5.69 Å². The van der Waals surface area contributed by atoms with Gasteiger partial charge in [0, 0.05) is 6.07 Å². The Morgan fingerprint density at radius 2 is 2.09 bits per heavy atom. The highest BCUT2D eigenvalue weighted by molar-refractivity contribution is 5.88. The molecule has 0 radical (unpaired) electrons. The van der Waals surface area contributed by atoms with Crippen LogP contribution in [0.1, 0.15) is 24.3 Å². The number of hydrogen-bond acceptors (Lipinski definition) is 5. The zero-order chi connectivity index (χ0) is 16.2. The van der Waals surface area contributed by atoms with Crippen molar-refractivity contribution >= 4 is 11.8 Å². The molecule has 1 aromatic carbocycles. The second-order valence-corrected chi connectivity index (χ2v) is 5.07. The van der Waals surface area contributed by atoms with Gasteiger partial charge >= 0.3 is 6.03 Å². The molecule has 0 aliphatic carbocycles. The summed E-state index contributed by atoms with van der Waals surface area (Å²) in [5.74, 6) is 1.02. The molecule has 0 saturated carbocycles. The zero-order valence-corrected chi connectivity index (χ0v) is 12.7. The van der Waals surface area contributed by atoms with Crippen LogP contribution in [0.5, 0.6) is 0 Å². The first kappa shape index (κ1) is 14.8. The lowest BCUT2D eigenvalue weighted by Gasteiger charge is -2.14. The van der Waals surface area contributed by atoms with E-state index in [0.29, 0.717) is 11.6 Å². The lowest BCUT2D eigenvalue weighted by atomic mass is 10.1. The summed E-state index contributed by atoms with van der Waals surface area (Å²) in [7, 11) is 0. The summed E-state index contributed by atoms with van der Waals surface area (Å²) in [4.78, 5) is 15.8. The standard InChI is InChI=1S/C15H16N6O2/c1-10-7-14(20-23-10)19-15(22)18-11(2)12-3-5-13(6-4-12)21-9-16-8-17-21/h3-9,11H,1-2H3,(H2,18,19,20,22). The van der Waals surface area contributed by atoms with E-state index in [1.807, 2.05) is 31.2 Å². The smallest absolute Gasteiger partial charge is 0.320 e. The highest BCUT2D eigenvalue weighted by Gasteiger charge is 2.11. The summed E-state index contributed by atoms with van der Waals surface area (Å²) in [6.45, 7) is 3.66. The number of rotatable bonds is 4. The molecule has 0 bridgehead atoms. The van der Waals surface area contributed by atoms with Gasteiger partial charge in [0.2, 0.25) is 0 Å². The van der Waals surface area contributed by atoms with Gasteiger partial charge in [-0.1, -0.05) is 17.3 Å². The first-order valence-electron chi connectivity index (χ1n) is 7.07. The van der Waals surface area contributed by atoms with Crippen molar-refractivity contribution in [3.05, 3.63) is 54.3 Å². The van der Waals surface area contributed by atoms with E-state index < -0.39 is 0 Å². The summed E-state index contributed by atoms with van der Waals surface area (Å²) >= 11 is 0. The minimum atomic E-state index is -0.342. The lowest BCUT2D eigenvalue weighted by molar-refractivity contribution is 0.249. The van der Waals surface area contributed by atoms with Crippen molar-refractivity contribution in [3.63, 3.8) is 0 Å². The number of nitrogens with zero attached hydrogens (tertiary/aromatic N) is 4. The van der Waals surface area contributed by atoms with Gasteiger partial charge in [0.1, 0.15) is 18.4 Å². The number of amides is 2. The Balaban J connectivity index is 1.61. The van der Waals surface area contributed by atoms with Crippen LogP contribution in [0.15, 0.2) is 47.5 Å². The molecule has 0 saturated heterocycles. The molecule has 0 aliphatic heterocycles. The van der Waals surface area contributed by atoms with Gasteiger partial charge < -0.3 is 9.84 Å². The number of carbonyl (C=O) groups excluding carboxylic acids is 1. The van der Waals surface area contributed by atoms with Gasteiger partial charge in [0.25, 0.3) is 0 Å². The average Bonchev–Trinajstić information content (AvgIpc) is 3.19. The van der Waals surface area contributed by atoms with Crippen molar-refractivity contribution in [2.45, 2.75) is 19.9 Å².